The Labute approximate surface area is 241 Å². The fraction of sp³-hybridized carbons (Fsp3) is 0.647. The zero-order chi connectivity index (χ0) is 29.2. The monoisotopic (exact) mass is 556 g/mol. The quantitative estimate of drug-likeness (QED) is 0.0853. The zero-order valence-electron chi connectivity index (χ0n) is 24.5. The van der Waals surface area contributed by atoms with Gasteiger partial charge in [0.1, 0.15) is 6.10 Å². The molecule has 1 unspecified atom stereocenters. The number of carbonyl (C=O) groups is 2. The smallest absolute Gasteiger partial charge is 0.313 e. The Morgan fingerprint density at radius 2 is 1.77 bits per heavy atom. The van der Waals surface area contributed by atoms with E-state index in [4.69, 9.17) is 9.84 Å². The summed E-state index contributed by atoms with van der Waals surface area (Å²) in [5, 5.41) is 30.5. The maximum Gasteiger partial charge on any atom is 0.313 e. The summed E-state index contributed by atoms with van der Waals surface area (Å²) in [6.45, 7) is 6.05. The first-order valence-corrected chi connectivity index (χ1v) is 15.5. The lowest BCUT2D eigenvalue weighted by atomic mass is 9.85. The second-order valence-corrected chi connectivity index (χ2v) is 11.4. The number of allylic oxidation sites excluding steroid dienone is 2. The number of carboxylic acid groups (broad SMARTS) is 1. The van der Waals surface area contributed by atoms with Gasteiger partial charge in [-0.2, -0.15) is 0 Å². The van der Waals surface area contributed by atoms with Gasteiger partial charge in [-0.25, -0.2) is 0 Å². The summed E-state index contributed by atoms with van der Waals surface area (Å²) in [6.07, 6.45) is 15.7. The van der Waals surface area contributed by atoms with Crippen molar-refractivity contribution in [2.24, 2.45) is 17.8 Å². The molecular weight excluding hydrogens is 504 g/mol. The van der Waals surface area contributed by atoms with Crippen LogP contribution in [0.3, 0.4) is 0 Å². The molecule has 1 aromatic carbocycles. The maximum atomic E-state index is 13.1. The van der Waals surface area contributed by atoms with Crippen LogP contribution in [0, 0.1) is 17.8 Å². The zero-order valence-corrected chi connectivity index (χ0v) is 24.5. The van der Waals surface area contributed by atoms with Crippen LogP contribution in [0.2, 0.25) is 0 Å². The van der Waals surface area contributed by atoms with Gasteiger partial charge in [0.2, 0.25) is 0 Å². The first-order valence-electron chi connectivity index (χ1n) is 15.5. The molecule has 0 saturated heterocycles. The van der Waals surface area contributed by atoms with Crippen LogP contribution in [0.15, 0.2) is 55.1 Å². The highest BCUT2D eigenvalue weighted by molar-refractivity contribution is 5.74. The van der Waals surface area contributed by atoms with E-state index in [0.717, 1.165) is 25.7 Å². The molecular formula is C34H52O6. The molecule has 6 heteroatoms. The van der Waals surface area contributed by atoms with Gasteiger partial charge in [-0.05, 0) is 62.8 Å². The summed E-state index contributed by atoms with van der Waals surface area (Å²) in [5.41, 5.74) is 1.20. The van der Waals surface area contributed by atoms with Gasteiger partial charge in [-0.15, -0.1) is 6.58 Å². The topological polar surface area (TPSA) is 104 Å². The van der Waals surface area contributed by atoms with Gasteiger partial charge >= 0.3 is 11.9 Å². The Morgan fingerprint density at radius 3 is 2.48 bits per heavy atom. The Bertz CT molecular complexity index is 882. The minimum Gasteiger partial charge on any atom is -0.481 e. The highest BCUT2D eigenvalue weighted by Crippen LogP contribution is 2.41. The van der Waals surface area contributed by atoms with E-state index in [9.17, 15) is 19.8 Å². The average molecular weight is 557 g/mol. The molecule has 0 aliphatic heterocycles. The number of unbranched alkanes of at least 4 members (excludes halogenated alkanes) is 5. The fourth-order valence-corrected chi connectivity index (χ4v) is 5.80. The average Bonchev–Trinajstić information content (AvgIpc) is 3.23. The van der Waals surface area contributed by atoms with Crippen molar-refractivity contribution in [3.63, 3.8) is 0 Å². The van der Waals surface area contributed by atoms with Gasteiger partial charge in [0.25, 0.3) is 0 Å². The van der Waals surface area contributed by atoms with Crippen molar-refractivity contribution in [3.05, 3.63) is 60.7 Å². The predicted octanol–water partition coefficient (Wildman–Crippen LogP) is 7.03. The van der Waals surface area contributed by atoms with Crippen molar-refractivity contribution in [3.8, 4) is 0 Å². The number of benzene rings is 1. The summed E-state index contributed by atoms with van der Waals surface area (Å²) in [6, 6.07) is 10.1. The summed E-state index contributed by atoms with van der Waals surface area (Å²) < 4.78 is 6.03. The SMILES string of the molecule is C=CC(CCCCCCC)C(=O)O[C@H]1C[C@@H](O)[C@H](CC[C@@H](O)CCc2ccccc2)[C@H]1C/C=C\CCCC(=O)O. The number of hydrogen-bond acceptors (Lipinski definition) is 5. The third kappa shape index (κ3) is 12.8. The second kappa shape index (κ2) is 19.6. The number of aliphatic hydroxyl groups is 2. The summed E-state index contributed by atoms with van der Waals surface area (Å²) in [4.78, 5) is 23.9. The molecule has 224 valence electrons. The van der Waals surface area contributed by atoms with Crippen molar-refractivity contribution in [1.29, 1.82) is 0 Å². The minimum atomic E-state index is -0.799. The van der Waals surface area contributed by atoms with Gasteiger partial charge in [-0.3, -0.25) is 9.59 Å². The Morgan fingerprint density at radius 1 is 1.02 bits per heavy atom. The molecule has 1 aliphatic carbocycles. The number of aliphatic carboxylic acids is 1. The molecule has 0 aromatic heterocycles. The molecule has 1 fully saturated rings. The number of aliphatic hydroxyl groups excluding tert-OH is 2. The number of carbonyl (C=O) groups excluding carboxylic acids is 1. The highest BCUT2D eigenvalue weighted by Gasteiger charge is 2.44. The predicted molar refractivity (Wildman–Crippen MR) is 160 cm³/mol. The largest absolute Gasteiger partial charge is 0.481 e. The summed E-state index contributed by atoms with van der Waals surface area (Å²) in [5.74, 6) is -1.53. The Kier molecular flexibility index (Phi) is 16.5. The van der Waals surface area contributed by atoms with Gasteiger partial charge in [0, 0.05) is 18.8 Å². The number of rotatable bonds is 21. The lowest BCUT2D eigenvalue weighted by Gasteiger charge is -2.26. The molecule has 0 bridgehead atoms. The van der Waals surface area contributed by atoms with Crippen LogP contribution in [0.1, 0.15) is 102 Å². The van der Waals surface area contributed by atoms with Gasteiger partial charge < -0.3 is 20.1 Å². The lowest BCUT2D eigenvalue weighted by Crippen LogP contribution is -2.28. The standard InChI is InChI=1S/C34H52O6/c1-3-5-6-7-13-18-27(4-2)34(39)40-32-25-31(36)29(30(32)19-14-8-9-15-20-33(37)38)24-23-28(35)22-21-26-16-11-10-12-17-26/h4,8,10-12,14,16-17,27-32,35-36H,2-3,5-7,9,13,15,18-25H2,1H3,(H,37,38)/b14-8-/t27?,28-,29+,30+,31+,32-/m0/s1. The maximum absolute atomic E-state index is 13.1. The first kappa shape index (κ1) is 33.8. The lowest BCUT2D eigenvalue weighted by molar-refractivity contribution is -0.154. The molecule has 40 heavy (non-hydrogen) atoms. The van der Waals surface area contributed by atoms with E-state index in [-0.39, 0.29) is 36.2 Å². The number of carboxylic acids is 1. The molecule has 0 radical (unpaired) electrons. The minimum absolute atomic E-state index is 0.0500. The van der Waals surface area contributed by atoms with Gasteiger partial charge in [-0.1, -0.05) is 87.6 Å². The van der Waals surface area contributed by atoms with Crippen molar-refractivity contribution in [2.75, 3.05) is 0 Å². The van der Waals surface area contributed by atoms with Crippen LogP contribution in [0.5, 0.6) is 0 Å². The number of aryl methyl sites for hydroxylation is 1. The molecule has 0 heterocycles. The van der Waals surface area contributed by atoms with Crippen LogP contribution >= 0.6 is 0 Å². The van der Waals surface area contributed by atoms with Crippen molar-refractivity contribution < 1.29 is 29.6 Å². The summed E-state index contributed by atoms with van der Waals surface area (Å²) >= 11 is 0. The third-order valence-electron chi connectivity index (χ3n) is 8.25. The normalized spacial score (nSPS) is 22.3. The molecule has 1 aromatic rings. The van der Waals surface area contributed by atoms with E-state index in [2.05, 4.69) is 25.6 Å². The van der Waals surface area contributed by atoms with Crippen LogP contribution < -0.4 is 0 Å². The molecule has 1 saturated carbocycles. The van der Waals surface area contributed by atoms with E-state index in [0.29, 0.717) is 44.9 Å². The van der Waals surface area contributed by atoms with E-state index >= 15 is 0 Å². The number of hydrogen-bond donors (Lipinski definition) is 3. The Hall–Kier alpha value is -2.44. The molecule has 6 nitrogen and oxygen atoms in total. The van der Waals surface area contributed by atoms with E-state index in [1.54, 1.807) is 6.08 Å². The van der Waals surface area contributed by atoms with Gasteiger partial charge in [0.15, 0.2) is 0 Å². The van der Waals surface area contributed by atoms with Crippen LogP contribution in [0.4, 0.5) is 0 Å². The molecule has 0 amide bonds. The molecule has 2 rings (SSSR count). The first-order chi connectivity index (χ1) is 19.3. The summed E-state index contributed by atoms with van der Waals surface area (Å²) in [7, 11) is 0. The van der Waals surface area contributed by atoms with Crippen molar-refractivity contribution in [1.82, 2.24) is 0 Å². The van der Waals surface area contributed by atoms with E-state index in [1.165, 1.54) is 24.8 Å². The van der Waals surface area contributed by atoms with Crippen LogP contribution in [-0.4, -0.2) is 45.6 Å². The fourth-order valence-electron chi connectivity index (χ4n) is 5.80. The second-order valence-electron chi connectivity index (χ2n) is 11.4. The van der Waals surface area contributed by atoms with Crippen molar-refractivity contribution in [2.45, 2.75) is 122 Å². The third-order valence-corrected chi connectivity index (χ3v) is 8.25. The molecule has 0 spiro atoms. The van der Waals surface area contributed by atoms with E-state index < -0.39 is 18.2 Å². The molecule has 3 N–H and O–H groups in total. The Balaban J connectivity index is 1.97. The van der Waals surface area contributed by atoms with Crippen molar-refractivity contribution >= 4 is 11.9 Å². The number of ether oxygens (including phenoxy) is 1. The highest BCUT2D eigenvalue weighted by atomic mass is 16.5. The van der Waals surface area contributed by atoms with Crippen LogP contribution in [-0.2, 0) is 20.7 Å². The van der Waals surface area contributed by atoms with E-state index in [1.807, 2.05) is 30.4 Å². The number of esters is 1. The molecule has 1 aliphatic rings. The molecule has 6 atom stereocenters. The van der Waals surface area contributed by atoms with Gasteiger partial charge in [0.05, 0.1) is 18.1 Å². The van der Waals surface area contributed by atoms with Crippen LogP contribution in [0.25, 0.3) is 0 Å².